The second-order valence-electron chi connectivity index (χ2n) is 3.80. The Morgan fingerprint density at radius 2 is 1.83 bits per heavy atom. The zero-order valence-electron chi connectivity index (χ0n) is 8.77. The molecule has 68 valence electrons. The zero-order valence-corrected chi connectivity index (χ0v) is 8.77. The van der Waals surface area contributed by atoms with Crippen molar-refractivity contribution in [1.82, 2.24) is 0 Å². The van der Waals surface area contributed by atoms with Gasteiger partial charge in [-0.25, -0.2) is 4.39 Å². The molecule has 0 saturated carbocycles. The van der Waals surface area contributed by atoms with Gasteiger partial charge in [0.05, 0.1) is 5.40 Å². The number of alkyl halides is 1. The Kier molecular flexibility index (Phi) is 3.85. The van der Waals surface area contributed by atoms with Gasteiger partial charge in [-0.1, -0.05) is 0 Å². The van der Waals surface area contributed by atoms with E-state index in [-0.39, 0.29) is 6.00 Å². The standard InChI is InChI=1S/C6H16B3FO2/c1-4(7)12-5(2,10)6(8,9)11-3/h4H,7-9H2,1-3H3/t4?,5-/m0/s1. The molecule has 0 aliphatic rings. The largest absolute Gasteiger partial charge is 0.390 e. The van der Waals surface area contributed by atoms with E-state index >= 15 is 0 Å². The summed E-state index contributed by atoms with van der Waals surface area (Å²) in [6, 6.07) is -0.144. The molecule has 0 rings (SSSR count). The van der Waals surface area contributed by atoms with E-state index in [0.29, 0.717) is 0 Å². The monoisotopic (exact) mass is 172 g/mol. The van der Waals surface area contributed by atoms with Crippen LogP contribution in [0.4, 0.5) is 4.39 Å². The van der Waals surface area contributed by atoms with E-state index < -0.39 is 11.3 Å². The Hall–Kier alpha value is 0.0448. The molecule has 0 saturated heterocycles. The first-order valence-corrected chi connectivity index (χ1v) is 4.15. The Morgan fingerprint density at radius 3 is 2.08 bits per heavy atom. The molecule has 0 aromatic rings. The van der Waals surface area contributed by atoms with Gasteiger partial charge in [0.25, 0.3) is 0 Å². The Bertz CT molecular complexity index is 150. The van der Waals surface area contributed by atoms with Gasteiger partial charge in [0.2, 0.25) is 5.85 Å². The minimum absolute atomic E-state index is 0.144. The van der Waals surface area contributed by atoms with Crippen molar-refractivity contribution < 1.29 is 13.9 Å². The molecule has 0 aliphatic heterocycles. The van der Waals surface area contributed by atoms with E-state index in [4.69, 9.17) is 9.47 Å². The molecule has 0 aromatic heterocycles. The van der Waals surface area contributed by atoms with Crippen LogP contribution in [0, 0.1) is 0 Å². The normalized spacial score (nSPS) is 20.0. The highest BCUT2D eigenvalue weighted by Gasteiger charge is 2.43. The fourth-order valence-corrected chi connectivity index (χ4v) is 0.767. The van der Waals surface area contributed by atoms with Crippen LogP contribution in [0.5, 0.6) is 0 Å². The third kappa shape index (κ3) is 2.83. The van der Waals surface area contributed by atoms with Crippen molar-refractivity contribution in [1.29, 1.82) is 0 Å². The highest BCUT2D eigenvalue weighted by Crippen LogP contribution is 2.26. The van der Waals surface area contributed by atoms with Crippen LogP contribution in [0.3, 0.4) is 0 Å². The summed E-state index contributed by atoms with van der Waals surface area (Å²) in [6.07, 6.45) is 0. The van der Waals surface area contributed by atoms with Crippen molar-refractivity contribution in [2.24, 2.45) is 0 Å². The summed E-state index contributed by atoms with van der Waals surface area (Å²) in [7, 11) is 6.59. The number of halogens is 1. The highest BCUT2D eigenvalue weighted by atomic mass is 19.2. The zero-order chi connectivity index (χ0) is 9.99. The van der Waals surface area contributed by atoms with Crippen LogP contribution in [0.15, 0.2) is 0 Å². The molecule has 0 aliphatic carbocycles. The van der Waals surface area contributed by atoms with Gasteiger partial charge in [0, 0.05) is 13.1 Å². The van der Waals surface area contributed by atoms with Gasteiger partial charge in [-0.3, -0.25) is 0 Å². The van der Waals surface area contributed by atoms with Crippen LogP contribution in [-0.2, 0) is 9.47 Å². The van der Waals surface area contributed by atoms with Gasteiger partial charge in [-0.15, -0.1) is 0 Å². The number of hydrogen-bond acceptors (Lipinski definition) is 2. The fourth-order valence-electron chi connectivity index (χ4n) is 0.767. The first kappa shape index (κ1) is 12.0. The molecule has 0 bridgehead atoms. The lowest BCUT2D eigenvalue weighted by Gasteiger charge is -2.38. The Labute approximate surface area is 76.4 Å². The number of rotatable bonds is 4. The molecule has 1 unspecified atom stereocenters. The summed E-state index contributed by atoms with van der Waals surface area (Å²) in [5.74, 6) is -1.75. The smallest absolute Gasteiger partial charge is 0.219 e. The molecule has 0 radical (unpaired) electrons. The van der Waals surface area contributed by atoms with E-state index in [0.717, 1.165) is 0 Å². The minimum atomic E-state index is -1.75. The molecule has 0 N–H and O–H groups in total. The van der Waals surface area contributed by atoms with E-state index in [9.17, 15) is 4.39 Å². The average molecular weight is 172 g/mol. The summed E-state index contributed by atoms with van der Waals surface area (Å²) in [5.41, 5.74) is 0. The molecule has 0 fully saturated rings. The quantitative estimate of drug-likeness (QED) is 0.467. The summed E-state index contributed by atoms with van der Waals surface area (Å²) in [6.45, 7) is 3.18. The second kappa shape index (κ2) is 3.84. The minimum Gasteiger partial charge on any atom is -0.390 e. The summed E-state index contributed by atoms with van der Waals surface area (Å²) in [5, 5.41) is -0.919. The number of methoxy groups -OCH3 is 1. The first-order valence-electron chi connectivity index (χ1n) is 4.15. The van der Waals surface area contributed by atoms with E-state index in [1.807, 2.05) is 0 Å². The fraction of sp³-hybridized carbons (Fsp3) is 1.00. The molecule has 2 atom stereocenters. The lowest BCUT2D eigenvalue weighted by Crippen LogP contribution is -2.54. The topological polar surface area (TPSA) is 18.5 Å². The van der Waals surface area contributed by atoms with Gasteiger partial charge < -0.3 is 9.47 Å². The molecule has 0 aromatic carbocycles. The van der Waals surface area contributed by atoms with E-state index in [1.54, 1.807) is 30.5 Å². The van der Waals surface area contributed by atoms with Crippen molar-refractivity contribution in [3.8, 4) is 0 Å². The molecule has 12 heavy (non-hydrogen) atoms. The summed E-state index contributed by atoms with van der Waals surface area (Å²) >= 11 is 0. The maximum absolute atomic E-state index is 13.8. The van der Waals surface area contributed by atoms with Gasteiger partial charge in [0.15, 0.2) is 0 Å². The number of hydrogen-bond donors (Lipinski definition) is 0. The molecule has 6 heteroatoms. The lowest BCUT2D eigenvalue weighted by molar-refractivity contribution is -0.200. The van der Waals surface area contributed by atoms with Gasteiger partial charge in [-0.2, -0.15) is 0 Å². The lowest BCUT2D eigenvalue weighted by atomic mass is 9.60. The van der Waals surface area contributed by atoms with Crippen molar-refractivity contribution in [3.63, 3.8) is 0 Å². The van der Waals surface area contributed by atoms with Crippen LogP contribution in [0.25, 0.3) is 0 Å². The molecule has 0 amide bonds. The highest BCUT2D eigenvalue weighted by molar-refractivity contribution is 6.39. The van der Waals surface area contributed by atoms with Crippen LogP contribution < -0.4 is 0 Å². The third-order valence-electron chi connectivity index (χ3n) is 2.04. The second-order valence-corrected chi connectivity index (χ2v) is 3.80. The van der Waals surface area contributed by atoms with Crippen LogP contribution in [-0.4, -0.2) is 47.9 Å². The van der Waals surface area contributed by atoms with Crippen LogP contribution >= 0.6 is 0 Å². The van der Waals surface area contributed by atoms with Crippen molar-refractivity contribution in [2.45, 2.75) is 31.1 Å². The molecule has 0 heterocycles. The Morgan fingerprint density at radius 1 is 1.42 bits per heavy atom. The summed E-state index contributed by atoms with van der Waals surface area (Å²) < 4.78 is 23.9. The Balaban J connectivity index is 4.37. The maximum atomic E-state index is 13.8. The summed E-state index contributed by atoms with van der Waals surface area (Å²) in [4.78, 5) is 0. The van der Waals surface area contributed by atoms with Gasteiger partial charge >= 0.3 is 0 Å². The molecular weight excluding hydrogens is 155 g/mol. The van der Waals surface area contributed by atoms with E-state index in [1.165, 1.54) is 14.0 Å². The number of ether oxygens (including phenoxy) is 2. The van der Waals surface area contributed by atoms with Crippen molar-refractivity contribution in [2.75, 3.05) is 7.11 Å². The van der Waals surface area contributed by atoms with Gasteiger partial charge in [0.1, 0.15) is 23.5 Å². The molecular formula is C6H16B3FO2. The predicted molar refractivity (Wildman–Crippen MR) is 55.4 cm³/mol. The molecule has 0 spiro atoms. The average Bonchev–Trinajstić information content (AvgIpc) is 1.84. The molecule has 2 nitrogen and oxygen atoms in total. The van der Waals surface area contributed by atoms with E-state index in [2.05, 4.69) is 0 Å². The van der Waals surface area contributed by atoms with Crippen molar-refractivity contribution in [3.05, 3.63) is 0 Å². The third-order valence-corrected chi connectivity index (χ3v) is 2.04. The maximum Gasteiger partial charge on any atom is 0.219 e. The van der Waals surface area contributed by atoms with Crippen LogP contribution in [0.1, 0.15) is 13.8 Å². The van der Waals surface area contributed by atoms with Gasteiger partial charge in [-0.05, 0) is 13.8 Å². The SMILES string of the molecule is BC(C)O[C@](C)(F)C(B)(B)OC. The predicted octanol–water partition coefficient (Wildman–Crippen LogP) is -1.77. The first-order chi connectivity index (χ1) is 5.23. The van der Waals surface area contributed by atoms with Crippen molar-refractivity contribution >= 4 is 23.5 Å². The van der Waals surface area contributed by atoms with Crippen LogP contribution in [0.2, 0.25) is 0 Å².